The standard InChI is InChI=1S/C21H25N3O4/c1-27-18-9-7-16(8-10-18)19-14-22-11-12-24(19)21(26)23-13-15-3-5-17(6-4-15)20(25)28-2/h3-10,19,22H,11-14H2,1-2H3,(H,23,26). The molecule has 1 atom stereocenters. The van der Waals surface area contributed by atoms with Gasteiger partial charge in [-0.05, 0) is 35.4 Å². The molecule has 2 amide bonds. The van der Waals surface area contributed by atoms with Crippen LogP contribution in [0.15, 0.2) is 48.5 Å². The van der Waals surface area contributed by atoms with Crippen molar-refractivity contribution in [3.63, 3.8) is 0 Å². The highest BCUT2D eigenvalue weighted by molar-refractivity contribution is 5.89. The number of amides is 2. The van der Waals surface area contributed by atoms with Crippen molar-refractivity contribution < 1.29 is 19.1 Å². The Labute approximate surface area is 164 Å². The molecule has 2 aromatic carbocycles. The summed E-state index contributed by atoms with van der Waals surface area (Å²) in [5, 5.41) is 6.32. The molecule has 0 spiro atoms. The minimum absolute atomic E-state index is 0.0404. The van der Waals surface area contributed by atoms with Gasteiger partial charge >= 0.3 is 12.0 Å². The Morgan fingerprint density at radius 1 is 1.11 bits per heavy atom. The van der Waals surface area contributed by atoms with Crippen LogP contribution in [-0.4, -0.2) is 50.8 Å². The minimum Gasteiger partial charge on any atom is -0.497 e. The Morgan fingerprint density at radius 3 is 2.46 bits per heavy atom. The van der Waals surface area contributed by atoms with Gasteiger partial charge in [-0.15, -0.1) is 0 Å². The molecule has 28 heavy (non-hydrogen) atoms. The first-order chi connectivity index (χ1) is 13.6. The van der Waals surface area contributed by atoms with Gasteiger partial charge in [-0.25, -0.2) is 9.59 Å². The number of hydrogen-bond donors (Lipinski definition) is 2. The predicted molar refractivity (Wildman–Crippen MR) is 105 cm³/mol. The largest absolute Gasteiger partial charge is 0.497 e. The Morgan fingerprint density at radius 2 is 1.82 bits per heavy atom. The maximum atomic E-state index is 12.8. The molecule has 1 fully saturated rings. The third kappa shape index (κ3) is 4.61. The number of piperazine rings is 1. The molecule has 0 aliphatic carbocycles. The van der Waals surface area contributed by atoms with E-state index in [1.54, 1.807) is 19.2 Å². The molecular formula is C21H25N3O4. The average molecular weight is 383 g/mol. The number of ether oxygens (including phenoxy) is 2. The van der Waals surface area contributed by atoms with Gasteiger partial charge < -0.3 is 25.0 Å². The lowest BCUT2D eigenvalue weighted by molar-refractivity contribution is 0.0600. The summed E-state index contributed by atoms with van der Waals surface area (Å²) in [5.74, 6) is 0.414. The number of hydrogen-bond acceptors (Lipinski definition) is 5. The van der Waals surface area contributed by atoms with E-state index in [0.717, 1.165) is 23.4 Å². The lowest BCUT2D eigenvalue weighted by Crippen LogP contribution is -2.51. The Hall–Kier alpha value is -3.06. The maximum absolute atomic E-state index is 12.8. The minimum atomic E-state index is -0.376. The van der Waals surface area contributed by atoms with Crippen LogP contribution in [0.3, 0.4) is 0 Å². The second-order valence-electron chi connectivity index (χ2n) is 6.53. The van der Waals surface area contributed by atoms with E-state index >= 15 is 0 Å². The highest BCUT2D eigenvalue weighted by Crippen LogP contribution is 2.24. The fourth-order valence-electron chi connectivity index (χ4n) is 3.23. The third-order valence-corrected chi connectivity index (χ3v) is 4.82. The van der Waals surface area contributed by atoms with Crippen LogP contribution in [0.1, 0.15) is 27.5 Å². The molecule has 1 saturated heterocycles. The van der Waals surface area contributed by atoms with Crippen LogP contribution in [0.25, 0.3) is 0 Å². The predicted octanol–water partition coefficient (Wildman–Crippen LogP) is 2.34. The number of urea groups is 1. The summed E-state index contributed by atoms with van der Waals surface area (Å²) in [7, 11) is 2.98. The van der Waals surface area contributed by atoms with Gasteiger partial charge in [0, 0.05) is 26.2 Å². The Kier molecular flexibility index (Phi) is 6.49. The first-order valence-electron chi connectivity index (χ1n) is 9.18. The molecule has 148 valence electrons. The molecule has 7 nitrogen and oxygen atoms in total. The molecule has 3 rings (SSSR count). The maximum Gasteiger partial charge on any atom is 0.337 e. The zero-order valence-corrected chi connectivity index (χ0v) is 16.1. The molecule has 7 heteroatoms. The van der Waals surface area contributed by atoms with E-state index in [9.17, 15) is 9.59 Å². The van der Waals surface area contributed by atoms with Gasteiger partial charge in [0.25, 0.3) is 0 Å². The van der Waals surface area contributed by atoms with E-state index < -0.39 is 0 Å². The summed E-state index contributed by atoms with van der Waals surface area (Å²) in [6.07, 6.45) is 0. The molecule has 0 radical (unpaired) electrons. The van der Waals surface area contributed by atoms with Crippen molar-refractivity contribution in [3.8, 4) is 5.75 Å². The first-order valence-corrected chi connectivity index (χ1v) is 9.18. The van der Waals surface area contributed by atoms with E-state index in [2.05, 4.69) is 10.6 Å². The van der Waals surface area contributed by atoms with Gasteiger partial charge in [0.2, 0.25) is 0 Å². The smallest absolute Gasteiger partial charge is 0.337 e. The van der Waals surface area contributed by atoms with Crippen molar-refractivity contribution in [3.05, 3.63) is 65.2 Å². The van der Waals surface area contributed by atoms with Gasteiger partial charge in [0.05, 0.1) is 25.8 Å². The van der Waals surface area contributed by atoms with Crippen LogP contribution in [0.5, 0.6) is 5.75 Å². The van der Waals surface area contributed by atoms with E-state index in [4.69, 9.17) is 9.47 Å². The van der Waals surface area contributed by atoms with E-state index in [0.29, 0.717) is 25.2 Å². The second kappa shape index (κ2) is 9.23. The summed E-state index contributed by atoms with van der Waals surface area (Å²) in [4.78, 5) is 26.1. The molecule has 0 saturated carbocycles. The fourth-order valence-corrected chi connectivity index (χ4v) is 3.23. The average Bonchev–Trinajstić information content (AvgIpc) is 2.77. The number of nitrogens with zero attached hydrogens (tertiary/aromatic N) is 1. The number of carbonyl (C=O) groups excluding carboxylic acids is 2. The summed E-state index contributed by atoms with van der Waals surface area (Å²) in [6.45, 7) is 2.48. The number of methoxy groups -OCH3 is 2. The van der Waals surface area contributed by atoms with Crippen LogP contribution in [0.4, 0.5) is 4.79 Å². The highest BCUT2D eigenvalue weighted by atomic mass is 16.5. The number of rotatable bonds is 5. The van der Waals surface area contributed by atoms with E-state index in [1.165, 1.54) is 7.11 Å². The molecule has 1 aliphatic heterocycles. The van der Waals surface area contributed by atoms with Crippen LogP contribution in [0, 0.1) is 0 Å². The summed E-state index contributed by atoms with van der Waals surface area (Å²) in [5.41, 5.74) is 2.46. The van der Waals surface area contributed by atoms with Gasteiger partial charge in [0.15, 0.2) is 0 Å². The Bertz CT molecular complexity index is 805. The number of esters is 1. The SMILES string of the molecule is COC(=O)c1ccc(CNC(=O)N2CCNCC2c2ccc(OC)cc2)cc1. The molecule has 1 aliphatic rings. The topological polar surface area (TPSA) is 79.9 Å². The van der Waals surface area contributed by atoms with E-state index in [-0.39, 0.29) is 18.0 Å². The molecule has 2 aromatic rings. The number of nitrogens with one attached hydrogen (secondary N) is 2. The highest BCUT2D eigenvalue weighted by Gasteiger charge is 2.27. The zero-order chi connectivity index (χ0) is 19.9. The second-order valence-corrected chi connectivity index (χ2v) is 6.53. The summed E-state index contributed by atoms with van der Waals surface area (Å²) in [6, 6.07) is 14.6. The van der Waals surface area contributed by atoms with Crippen LogP contribution in [-0.2, 0) is 11.3 Å². The summed E-state index contributed by atoms with van der Waals surface area (Å²) >= 11 is 0. The number of carbonyl (C=O) groups is 2. The van der Waals surface area contributed by atoms with Crippen LogP contribution >= 0.6 is 0 Å². The molecule has 0 aromatic heterocycles. The van der Waals surface area contributed by atoms with Gasteiger partial charge in [-0.2, -0.15) is 0 Å². The first kappa shape index (κ1) is 19.7. The zero-order valence-electron chi connectivity index (χ0n) is 16.1. The quantitative estimate of drug-likeness (QED) is 0.775. The monoisotopic (exact) mass is 383 g/mol. The molecule has 2 N–H and O–H groups in total. The van der Waals surface area contributed by atoms with Crippen molar-refractivity contribution in [2.45, 2.75) is 12.6 Å². The molecule has 0 bridgehead atoms. The van der Waals surface area contributed by atoms with Crippen LogP contribution in [0.2, 0.25) is 0 Å². The van der Waals surface area contributed by atoms with Crippen LogP contribution < -0.4 is 15.4 Å². The fraction of sp³-hybridized carbons (Fsp3) is 0.333. The van der Waals surface area contributed by atoms with E-state index in [1.807, 2.05) is 41.3 Å². The third-order valence-electron chi connectivity index (χ3n) is 4.82. The normalized spacial score (nSPS) is 16.4. The van der Waals surface area contributed by atoms with Crippen molar-refractivity contribution in [2.75, 3.05) is 33.9 Å². The van der Waals surface area contributed by atoms with Crippen molar-refractivity contribution in [2.24, 2.45) is 0 Å². The van der Waals surface area contributed by atoms with Gasteiger partial charge in [-0.3, -0.25) is 0 Å². The number of benzene rings is 2. The lowest BCUT2D eigenvalue weighted by Gasteiger charge is -2.36. The molecule has 1 unspecified atom stereocenters. The van der Waals surface area contributed by atoms with Crippen molar-refractivity contribution in [1.29, 1.82) is 0 Å². The summed E-state index contributed by atoms with van der Waals surface area (Å²) < 4.78 is 9.90. The van der Waals surface area contributed by atoms with Crippen molar-refractivity contribution in [1.82, 2.24) is 15.5 Å². The van der Waals surface area contributed by atoms with Gasteiger partial charge in [0.1, 0.15) is 5.75 Å². The molecule has 1 heterocycles. The van der Waals surface area contributed by atoms with Crippen molar-refractivity contribution >= 4 is 12.0 Å². The Balaban J connectivity index is 1.63. The molecular weight excluding hydrogens is 358 g/mol. The van der Waals surface area contributed by atoms with Gasteiger partial charge in [-0.1, -0.05) is 24.3 Å². The lowest BCUT2D eigenvalue weighted by atomic mass is 10.0.